The predicted molar refractivity (Wildman–Crippen MR) is 132 cm³/mol. The van der Waals surface area contributed by atoms with E-state index >= 15 is 0 Å². The minimum absolute atomic E-state index is 0.0853. The summed E-state index contributed by atoms with van der Waals surface area (Å²) in [7, 11) is 1.62. The largest absolute Gasteiger partial charge is 0.497 e. The van der Waals surface area contributed by atoms with Crippen LogP contribution >= 0.6 is 11.8 Å². The summed E-state index contributed by atoms with van der Waals surface area (Å²) >= 11 is 1.36. The van der Waals surface area contributed by atoms with Crippen molar-refractivity contribution < 1.29 is 14.3 Å². The number of hydrogen-bond acceptors (Lipinski definition) is 6. The van der Waals surface area contributed by atoms with Crippen molar-refractivity contribution in [2.24, 2.45) is 0 Å². The van der Waals surface area contributed by atoms with Gasteiger partial charge in [-0.15, -0.1) is 10.2 Å². The van der Waals surface area contributed by atoms with Crippen LogP contribution in [-0.2, 0) is 4.79 Å². The first kappa shape index (κ1) is 24.6. The second kappa shape index (κ2) is 11.2. The summed E-state index contributed by atoms with van der Waals surface area (Å²) in [6, 6.07) is 15.5. The molecule has 33 heavy (non-hydrogen) atoms. The maximum absolute atomic E-state index is 12.5. The molecule has 0 saturated heterocycles. The van der Waals surface area contributed by atoms with Gasteiger partial charge >= 0.3 is 0 Å². The summed E-state index contributed by atoms with van der Waals surface area (Å²) in [4.78, 5) is 12.5. The van der Waals surface area contributed by atoms with Crippen LogP contribution in [0.5, 0.6) is 11.5 Å². The van der Waals surface area contributed by atoms with Crippen LogP contribution < -0.4 is 14.8 Å². The molecular formula is C25H32N4O3S. The lowest BCUT2D eigenvalue weighted by atomic mass is 10.0. The predicted octanol–water partition coefficient (Wildman–Crippen LogP) is 5.86. The molecule has 3 rings (SSSR count). The van der Waals surface area contributed by atoms with Gasteiger partial charge in [-0.1, -0.05) is 43.8 Å². The Kier molecular flexibility index (Phi) is 8.38. The van der Waals surface area contributed by atoms with E-state index in [1.54, 1.807) is 7.11 Å². The Morgan fingerprint density at radius 1 is 1.03 bits per heavy atom. The van der Waals surface area contributed by atoms with E-state index in [9.17, 15) is 4.79 Å². The van der Waals surface area contributed by atoms with Crippen molar-refractivity contribution in [3.05, 3.63) is 59.9 Å². The molecule has 0 aliphatic carbocycles. The first-order valence-corrected chi connectivity index (χ1v) is 12.0. The van der Waals surface area contributed by atoms with Crippen molar-refractivity contribution in [1.82, 2.24) is 14.8 Å². The number of aromatic nitrogens is 3. The molecule has 0 aliphatic heterocycles. The zero-order valence-corrected chi connectivity index (χ0v) is 20.8. The number of ether oxygens (including phenoxy) is 2. The second-order valence-corrected chi connectivity index (χ2v) is 9.30. The molecule has 1 atom stereocenters. The lowest BCUT2D eigenvalue weighted by Gasteiger charge is -2.19. The van der Waals surface area contributed by atoms with Crippen LogP contribution in [0, 0.1) is 0 Å². The van der Waals surface area contributed by atoms with Gasteiger partial charge in [-0.3, -0.25) is 4.79 Å². The molecule has 0 fully saturated rings. The first-order chi connectivity index (χ1) is 15.8. The monoisotopic (exact) mass is 468 g/mol. The fourth-order valence-corrected chi connectivity index (χ4v) is 4.23. The molecule has 2 aromatic carbocycles. The standard InChI is InChI=1S/C25H32N4O3S/c1-16(2)19-10-12-20(13-11-19)26-23(30)15-33-25-28-27-24(29(25)17(3)4)18(5)32-22-9-7-8-21(14-22)31-6/h7-14,16-18H,15H2,1-6H3,(H,26,30). The maximum atomic E-state index is 12.5. The fraction of sp³-hybridized carbons (Fsp3) is 0.400. The van der Waals surface area contributed by atoms with Gasteiger partial charge in [0.15, 0.2) is 17.1 Å². The number of carbonyl (C=O) groups is 1. The Bertz CT molecular complexity index is 1060. The van der Waals surface area contributed by atoms with E-state index in [2.05, 4.69) is 43.2 Å². The topological polar surface area (TPSA) is 78.3 Å². The van der Waals surface area contributed by atoms with Crippen LogP contribution in [0.3, 0.4) is 0 Å². The zero-order valence-electron chi connectivity index (χ0n) is 20.0. The summed E-state index contributed by atoms with van der Waals surface area (Å²) in [5.74, 6) is 2.74. The first-order valence-electron chi connectivity index (χ1n) is 11.1. The van der Waals surface area contributed by atoms with Gasteiger partial charge in [0.05, 0.1) is 12.9 Å². The average Bonchev–Trinajstić information content (AvgIpc) is 3.23. The number of rotatable bonds is 10. The SMILES string of the molecule is COc1cccc(OC(C)c2nnc(SCC(=O)Nc3ccc(C(C)C)cc3)n2C(C)C)c1. The highest BCUT2D eigenvalue weighted by Crippen LogP contribution is 2.29. The van der Waals surface area contributed by atoms with Gasteiger partial charge in [0.25, 0.3) is 0 Å². The van der Waals surface area contributed by atoms with Crippen molar-refractivity contribution in [3.8, 4) is 11.5 Å². The Hall–Kier alpha value is -3.00. The van der Waals surface area contributed by atoms with Gasteiger partial charge in [0.1, 0.15) is 11.5 Å². The van der Waals surface area contributed by atoms with Crippen molar-refractivity contribution >= 4 is 23.4 Å². The third-order valence-electron chi connectivity index (χ3n) is 5.12. The molecule has 0 bridgehead atoms. The molecule has 8 heteroatoms. The molecule has 1 amide bonds. The summed E-state index contributed by atoms with van der Waals surface area (Å²) < 4.78 is 13.4. The van der Waals surface area contributed by atoms with E-state index in [1.165, 1.54) is 17.3 Å². The molecule has 1 heterocycles. The molecule has 0 saturated carbocycles. The Morgan fingerprint density at radius 2 is 1.73 bits per heavy atom. The lowest BCUT2D eigenvalue weighted by Crippen LogP contribution is -2.16. The van der Waals surface area contributed by atoms with E-state index in [0.29, 0.717) is 22.6 Å². The summed E-state index contributed by atoms with van der Waals surface area (Å²) in [6.07, 6.45) is -0.324. The molecule has 0 spiro atoms. The Morgan fingerprint density at radius 3 is 2.36 bits per heavy atom. The molecule has 1 aromatic heterocycles. The molecule has 7 nitrogen and oxygen atoms in total. The highest BCUT2D eigenvalue weighted by Gasteiger charge is 2.22. The number of hydrogen-bond donors (Lipinski definition) is 1. The number of methoxy groups -OCH3 is 1. The van der Waals surface area contributed by atoms with E-state index in [-0.39, 0.29) is 23.8 Å². The summed E-state index contributed by atoms with van der Waals surface area (Å²) in [5.41, 5.74) is 2.03. The maximum Gasteiger partial charge on any atom is 0.234 e. The number of nitrogens with one attached hydrogen (secondary N) is 1. The van der Waals surface area contributed by atoms with Crippen LogP contribution in [0.2, 0.25) is 0 Å². The van der Waals surface area contributed by atoms with E-state index < -0.39 is 0 Å². The molecule has 1 unspecified atom stereocenters. The third kappa shape index (κ3) is 6.51. The van der Waals surface area contributed by atoms with Crippen LogP contribution in [0.1, 0.15) is 64.1 Å². The van der Waals surface area contributed by atoms with Gasteiger partial charge < -0.3 is 19.4 Å². The minimum Gasteiger partial charge on any atom is -0.497 e. The van der Waals surface area contributed by atoms with E-state index in [0.717, 1.165) is 11.4 Å². The van der Waals surface area contributed by atoms with Gasteiger partial charge in [-0.2, -0.15) is 0 Å². The quantitative estimate of drug-likeness (QED) is 0.375. The number of nitrogens with zero attached hydrogens (tertiary/aromatic N) is 3. The minimum atomic E-state index is -0.324. The highest BCUT2D eigenvalue weighted by atomic mass is 32.2. The van der Waals surface area contributed by atoms with Gasteiger partial charge in [-0.05, 0) is 56.5 Å². The molecular weight excluding hydrogens is 436 g/mol. The number of carbonyl (C=O) groups excluding carboxylic acids is 1. The normalized spacial score (nSPS) is 12.1. The molecule has 1 N–H and O–H groups in total. The number of thioether (sulfide) groups is 1. The van der Waals surface area contributed by atoms with Gasteiger partial charge in [-0.25, -0.2) is 0 Å². The number of anilines is 1. The van der Waals surface area contributed by atoms with Crippen LogP contribution in [0.4, 0.5) is 5.69 Å². The molecule has 0 radical (unpaired) electrons. The van der Waals surface area contributed by atoms with Crippen molar-refractivity contribution in [3.63, 3.8) is 0 Å². The zero-order chi connectivity index (χ0) is 24.0. The summed E-state index contributed by atoms with van der Waals surface area (Å²) in [6.45, 7) is 10.3. The van der Waals surface area contributed by atoms with Crippen LogP contribution in [0.15, 0.2) is 53.7 Å². The Balaban J connectivity index is 1.65. The van der Waals surface area contributed by atoms with E-state index in [1.807, 2.05) is 60.0 Å². The third-order valence-corrected chi connectivity index (χ3v) is 6.06. The van der Waals surface area contributed by atoms with Gasteiger partial charge in [0, 0.05) is 17.8 Å². The van der Waals surface area contributed by atoms with Gasteiger partial charge in [0.2, 0.25) is 5.91 Å². The highest BCUT2D eigenvalue weighted by molar-refractivity contribution is 7.99. The Labute approximate surface area is 199 Å². The molecule has 3 aromatic rings. The smallest absolute Gasteiger partial charge is 0.234 e. The van der Waals surface area contributed by atoms with Crippen LogP contribution in [-0.4, -0.2) is 33.5 Å². The average molecular weight is 469 g/mol. The molecule has 176 valence electrons. The van der Waals surface area contributed by atoms with Crippen molar-refractivity contribution in [2.45, 2.75) is 57.8 Å². The molecule has 0 aliphatic rings. The van der Waals surface area contributed by atoms with Crippen molar-refractivity contribution in [2.75, 3.05) is 18.2 Å². The number of benzene rings is 2. The lowest BCUT2D eigenvalue weighted by molar-refractivity contribution is -0.113. The second-order valence-electron chi connectivity index (χ2n) is 8.36. The number of amides is 1. The fourth-order valence-electron chi connectivity index (χ4n) is 3.36. The van der Waals surface area contributed by atoms with Crippen molar-refractivity contribution in [1.29, 1.82) is 0 Å². The van der Waals surface area contributed by atoms with E-state index in [4.69, 9.17) is 9.47 Å². The van der Waals surface area contributed by atoms with Crippen LogP contribution in [0.25, 0.3) is 0 Å². The summed E-state index contributed by atoms with van der Waals surface area (Å²) in [5, 5.41) is 12.3.